The monoisotopic (exact) mass is 210 g/mol. The van der Waals surface area contributed by atoms with Gasteiger partial charge in [0, 0.05) is 19.3 Å². The fraction of sp³-hybridized carbons (Fsp3) is 0.273. The second-order valence-electron chi connectivity index (χ2n) is 3.06. The van der Waals surface area contributed by atoms with E-state index in [-0.39, 0.29) is 18.6 Å². The Labute approximate surface area is 87.9 Å². The average molecular weight is 211 g/mol. The largest absolute Gasteiger partial charge is 0.299 e. The summed E-state index contributed by atoms with van der Waals surface area (Å²) in [6.45, 7) is 0. The van der Waals surface area contributed by atoms with Gasteiger partial charge in [-0.15, -0.1) is 0 Å². The molecule has 1 aromatic carbocycles. The highest BCUT2D eigenvalue weighted by atomic mass is 35.5. The highest BCUT2D eigenvalue weighted by molar-refractivity contribution is 6.63. The van der Waals surface area contributed by atoms with Crippen LogP contribution in [0.3, 0.4) is 0 Å². The van der Waals surface area contributed by atoms with Crippen LogP contribution in [0.15, 0.2) is 30.3 Å². The van der Waals surface area contributed by atoms with Gasteiger partial charge in [0.25, 0.3) is 0 Å². The van der Waals surface area contributed by atoms with E-state index >= 15 is 0 Å². The maximum Gasteiger partial charge on any atom is 0.222 e. The Kier molecular flexibility index (Phi) is 4.33. The maximum atomic E-state index is 11.3. The minimum atomic E-state index is -0.452. The van der Waals surface area contributed by atoms with Crippen molar-refractivity contribution in [2.24, 2.45) is 0 Å². The highest BCUT2D eigenvalue weighted by Gasteiger charge is 2.05. The first kappa shape index (κ1) is 10.9. The number of benzene rings is 1. The fourth-order valence-electron chi connectivity index (χ4n) is 1.15. The summed E-state index contributed by atoms with van der Waals surface area (Å²) in [7, 11) is 0. The summed E-state index contributed by atoms with van der Waals surface area (Å²) in [4.78, 5) is 21.7. The summed E-state index contributed by atoms with van der Waals surface area (Å²) in [6, 6.07) is 9.45. The molecule has 14 heavy (non-hydrogen) atoms. The number of ketones is 1. The van der Waals surface area contributed by atoms with Gasteiger partial charge in [0.15, 0.2) is 0 Å². The molecular formula is C11H11ClO2. The number of hydrogen-bond acceptors (Lipinski definition) is 2. The van der Waals surface area contributed by atoms with Gasteiger partial charge in [-0.05, 0) is 17.2 Å². The minimum Gasteiger partial charge on any atom is -0.299 e. The Morgan fingerprint density at radius 2 is 1.71 bits per heavy atom. The van der Waals surface area contributed by atoms with Crippen molar-refractivity contribution >= 4 is 22.6 Å². The van der Waals surface area contributed by atoms with Gasteiger partial charge in [-0.1, -0.05) is 30.3 Å². The standard InChI is InChI=1S/C11H11ClO2/c12-11(14)7-6-10(13)8-9-4-2-1-3-5-9/h1-5H,6-8H2. The van der Waals surface area contributed by atoms with Crippen molar-refractivity contribution in [2.75, 3.05) is 0 Å². The molecule has 0 heterocycles. The van der Waals surface area contributed by atoms with Gasteiger partial charge in [-0.2, -0.15) is 0 Å². The van der Waals surface area contributed by atoms with Crippen LogP contribution in [0, 0.1) is 0 Å². The van der Waals surface area contributed by atoms with Gasteiger partial charge < -0.3 is 0 Å². The van der Waals surface area contributed by atoms with E-state index in [1.165, 1.54) is 0 Å². The molecule has 74 valence electrons. The molecule has 0 aliphatic carbocycles. The van der Waals surface area contributed by atoms with E-state index in [4.69, 9.17) is 11.6 Å². The molecule has 0 aliphatic heterocycles. The molecule has 0 spiro atoms. The van der Waals surface area contributed by atoms with E-state index in [0.29, 0.717) is 6.42 Å². The van der Waals surface area contributed by atoms with Crippen molar-refractivity contribution in [1.29, 1.82) is 0 Å². The second-order valence-corrected chi connectivity index (χ2v) is 3.48. The lowest BCUT2D eigenvalue weighted by atomic mass is 10.1. The quantitative estimate of drug-likeness (QED) is 0.700. The number of hydrogen-bond donors (Lipinski definition) is 0. The summed E-state index contributed by atoms with van der Waals surface area (Å²) in [5.74, 6) is 0.0465. The lowest BCUT2D eigenvalue weighted by molar-refractivity contribution is -0.121. The number of carbonyl (C=O) groups excluding carboxylic acids is 2. The van der Waals surface area contributed by atoms with Crippen LogP contribution in [-0.2, 0) is 16.0 Å². The van der Waals surface area contributed by atoms with Crippen molar-refractivity contribution in [3.63, 3.8) is 0 Å². The van der Waals surface area contributed by atoms with Crippen LogP contribution < -0.4 is 0 Å². The van der Waals surface area contributed by atoms with Crippen LogP contribution in [0.25, 0.3) is 0 Å². The summed E-state index contributed by atoms with van der Waals surface area (Å²) < 4.78 is 0. The van der Waals surface area contributed by atoms with Crippen LogP contribution in [0.1, 0.15) is 18.4 Å². The van der Waals surface area contributed by atoms with E-state index in [1.807, 2.05) is 30.3 Å². The number of carbonyl (C=O) groups is 2. The molecular weight excluding hydrogens is 200 g/mol. The molecule has 0 saturated carbocycles. The van der Waals surface area contributed by atoms with Crippen LogP contribution in [0.2, 0.25) is 0 Å². The van der Waals surface area contributed by atoms with E-state index < -0.39 is 5.24 Å². The van der Waals surface area contributed by atoms with E-state index in [9.17, 15) is 9.59 Å². The lowest BCUT2D eigenvalue weighted by Gasteiger charge is -1.98. The number of Topliss-reactive ketones (excluding diaryl/α,β-unsaturated/α-hetero) is 1. The molecule has 0 N–H and O–H groups in total. The van der Waals surface area contributed by atoms with E-state index in [1.54, 1.807) is 0 Å². The molecule has 3 heteroatoms. The molecule has 2 nitrogen and oxygen atoms in total. The Morgan fingerprint density at radius 1 is 1.07 bits per heavy atom. The molecule has 0 radical (unpaired) electrons. The zero-order chi connectivity index (χ0) is 10.4. The predicted molar refractivity (Wildman–Crippen MR) is 55.2 cm³/mol. The zero-order valence-electron chi connectivity index (χ0n) is 7.70. The topological polar surface area (TPSA) is 34.1 Å². The second kappa shape index (κ2) is 5.55. The highest BCUT2D eigenvalue weighted by Crippen LogP contribution is 2.04. The van der Waals surface area contributed by atoms with Crippen LogP contribution in [0.5, 0.6) is 0 Å². The third-order valence-electron chi connectivity index (χ3n) is 1.84. The SMILES string of the molecule is O=C(Cl)CCC(=O)Cc1ccccc1. The first-order valence-electron chi connectivity index (χ1n) is 4.42. The molecule has 0 bridgehead atoms. The minimum absolute atomic E-state index is 0.0465. The predicted octanol–water partition coefficient (Wildman–Crippen LogP) is 2.34. The normalized spacial score (nSPS) is 9.79. The van der Waals surface area contributed by atoms with Gasteiger partial charge in [0.2, 0.25) is 5.24 Å². The Hall–Kier alpha value is -1.15. The van der Waals surface area contributed by atoms with E-state index in [0.717, 1.165) is 5.56 Å². The van der Waals surface area contributed by atoms with Crippen molar-refractivity contribution < 1.29 is 9.59 Å². The summed E-state index contributed by atoms with van der Waals surface area (Å²) >= 11 is 5.13. The van der Waals surface area contributed by atoms with Crippen molar-refractivity contribution in [2.45, 2.75) is 19.3 Å². The van der Waals surface area contributed by atoms with Gasteiger partial charge in [0.1, 0.15) is 5.78 Å². The number of rotatable bonds is 5. The van der Waals surface area contributed by atoms with Crippen LogP contribution >= 0.6 is 11.6 Å². The Morgan fingerprint density at radius 3 is 2.29 bits per heavy atom. The summed E-state index contributed by atoms with van der Waals surface area (Å²) in [5, 5.41) is -0.452. The fourth-order valence-corrected chi connectivity index (χ4v) is 1.24. The lowest BCUT2D eigenvalue weighted by Crippen LogP contribution is -2.03. The van der Waals surface area contributed by atoms with Crippen molar-refractivity contribution in [1.82, 2.24) is 0 Å². The first-order valence-corrected chi connectivity index (χ1v) is 4.80. The smallest absolute Gasteiger partial charge is 0.222 e. The third kappa shape index (κ3) is 4.19. The molecule has 0 amide bonds. The van der Waals surface area contributed by atoms with E-state index in [2.05, 4.69) is 0 Å². The van der Waals surface area contributed by atoms with Crippen molar-refractivity contribution in [3.8, 4) is 0 Å². The molecule has 0 atom stereocenters. The first-order chi connectivity index (χ1) is 6.68. The third-order valence-corrected chi connectivity index (χ3v) is 2.03. The Bertz CT molecular complexity index is 319. The maximum absolute atomic E-state index is 11.3. The molecule has 0 aliphatic rings. The number of halogens is 1. The molecule has 1 rings (SSSR count). The van der Waals surface area contributed by atoms with Gasteiger partial charge >= 0.3 is 0 Å². The Balaban J connectivity index is 2.38. The molecule has 0 aromatic heterocycles. The molecule has 1 aromatic rings. The summed E-state index contributed by atoms with van der Waals surface area (Å²) in [5.41, 5.74) is 0.972. The van der Waals surface area contributed by atoms with Gasteiger partial charge in [-0.25, -0.2) is 0 Å². The van der Waals surface area contributed by atoms with Gasteiger partial charge in [-0.3, -0.25) is 9.59 Å². The van der Waals surface area contributed by atoms with Crippen molar-refractivity contribution in [3.05, 3.63) is 35.9 Å². The van der Waals surface area contributed by atoms with Gasteiger partial charge in [0.05, 0.1) is 0 Å². The zero-order valence-corrected chi connectivity index (χ0v) is 8.46. The molecule has 0 saturated heterocycles. The molecule has 0 unspecified atom stereocenters. The van der Waals surface area contributed by atoms with Crippen LogP contribution in [-0.4, -0.2) is 11.0 Å². The summed E-state index contributed by atoms with van der Waals surface area (Å²) in [6.07, 6.45) is 0.745. The average Bonchev–Trinajstić information content (AvgIpc) is 2.16. The van der Waals surface area contributed by atoms with Crippen LogP contribution in [0.4, 0.5) is 0 Å². The molecule has 0 fully saturated rings.